The fourth-order valence-electron chi connectivity index (χ4n) is 3.43. The number of ether oxygens (including phenoxy) is 1. The minimum absolute atomic E-state index is 0.0649. The number of alkyl halides is 3. The zero-order valence-corrected chi connectivity index (χ0v) is 18.3. The Hall–Kier alpha value is -4.08. The minimum atomic E-state index is -4.52. The van der Waals surface area contributed by atoms with Crippen molar-refractivity contribution < 1.29 is 22.7 Å². The molecule has 0 bridgehead atoms. The van der Waals surface area contributed by atoms with Crippen molar-refractivity contribution in [1.29, 1.82) is 0 Å². The second kappa shape index (κ2) is 9.82. The lowest BCUT2D eigenvalue weighted by molar-refractivity contribution is -0.137. The molecule has 0 radical (unpaired) electrons. The predicted molar refractivity (Wildman–Crippen MR) is 121 cm³/mol. The highest BCUT2D eigenvalue weighted by molar-refractivity contribution is 5.96. The molecule has 0 unspecified atom stereocenters. The van der Waals surface area contributed by atoms with Crippen LogP contribution in [0.25, 0.3) is 5.65 Å². The Labute approximate surface area is 193 Å². The van der Waals surface area contributed by atoms with Crippen LogP contribution in [0.2, 0.25) is 0 Å². The van der Waals surface area contributed by atoms with Gasteiger partial charge in [0.15, 0.2) is 0 Å². The van der Waals surface area contributed by atoms with E-state index >= 15 is 0 Å². The molecule has 3 heterocycles. The Morgan fingerprint density at radius 1 is 1.09 bits per heavy atom. The van der Waals surface area contributed by atoms with Crippen molar-refractivity contribution in [3.8, 4) is 5.75 Å². The molecular formula is C24H22F3N5O2. The number of halogens is 3. The summed E-state index contributed by atoms with van der Waals surface area (Å²) in [7, 11) is 0. The molecule has 10 heteroatoms. The number of imidazole rings is 1. The maximum Gasteiger partial charge on any atom is 0.419 e. The first-order valence-corrected chi connectivity index (χ1v) is 10.5. The van der Waals surface area contributed by atoms with E-state index in [-0.39, 0.29) is 25.5 Å². The number of para-hydroxylation sites is 1. The number of amides is 1. The number of aryl methyl sites for hydroxylation is 1. The van der Waals surface area contributed by atoms with Crippen LogP contribution in [0.15, 0.2) is 67.1 Å². The lowest BCUT2D eigenvalue weighted by Crippen LogP contribution is -2.29. The van der Waals surface area contributed by atoms with Crippen LogP contribution in [-0.4, -0.2) is 33.4 Å². The van der Waals surface area contributed by atoms with Gasteiger partial charge in [-0.15, -0.1) is 0 Å². The van der Waals surface area contributed by atoms with E-state index in [1.165, 1.54) is 12.3 Å². The molecule has 3 aromatic heterocycles. The summed E-state index contributed by atoms with van der Waals surface area (Å²) in [5.41, 5.74) is 2.04. The molecule has 1 amide bonds. The summed E-state index contributed by atoms with van der Waals surface area (Å²) < 4.78 is 46.9. The summed E-state index contributed by atoms with van der Waals surface area (Å²) in [4.78, 5) is 21.0. The van der Waals surface area contributed by atoms with Gasteiger partial charge in [-0.3, -0.25) is 4.79 Å². The van der Waals surface area contributed by atoms with Gasteiger partial charge in [0.2, 0.25) is 0 Å². The van der Waals surface area contributed by atoms with Crippen LogP contribution in [0.4, 0.5) is 19.0 Å². The zero-order valence-electron chi connectivity index (χ0n) is 18.3. The number of fused-ring (bicyclic) bond motifs is 1. The molecule has 0 aliphatic heterocycles. The summed E-state index contributed by atoms with van der Waals surface area (Å²) in [6, 6.07) is 12.8. The normalized spacial score (nSPS) is 11.4. The number of aromatic nitrogens is 3. The number of nitrogens with zero attached hydrogens (tertiary/aromatic N) is 3. The second-order valence-electron chi connectivity index (χ2n) is 7.52. The van der Waals surface area contributed by atoms with Crippen molar-refractivity contribution in [2.75, 3.05) is 18.4 Å². The van der Waals surface area contributed by atoms with E-state index < -0.39 is 17.6 Å². The average molecular weight is 469 g/mol. The largest absolute Gasteiger partial charge is 0.486 e. The smallest absolute Gasteiger partial charge is 0.419 e. The molecule has 2 N–H and O–H groups in total. The number of rotatable bonds is 8. The SMILES string of the molecule is Cc1cccn2cc(COc3ccccc3C(=O)NCCNc3ncccc3C(F)(F)F)nc12. The molecule has 4 rings (SSSR count). The highest BCUT2D eigenvalue weighted by Crippen LogP contribution is 2.33. The molecule has 0 aliphatic carbocycles. The number of benzene rings is 1. The number of carbonyl (C=O) groups excluding carboxylic acids is 1. The summed E-state index contributed by atoms with van der Waals surface area (Å²) in [5.74, 6) is -0.304. The predicted octanol–water partition coefficient (Wildman–Crippen LogP) is 4.48. The van der Waals surface area contributed by atoms with Gasteiger partial charge in [0.1, 0.15) is 23.8 Å². The molecule has 7 nitrogen and oxygen atoms in total. The maximum absolute atomic E-state index is 13.1. The summed E-state index contributed by atoms with van der Waals surface area (Å²) >= 11 is 0. The standard InChI is InChI=1S/C24H22F3N5O2/c1-16-6-5-13-32-14-17(31-22(16)32)15-34-20-9-3-2-7-18(20)23(33)30-12-11-29-21-19(24(25,26)27)8-4-10-28-21/h2-10,13-14H,11-12,15H2,1H3,(H,28,29)(H,30,33). The highest BCUT2D eigenvalue weighted by Gasteiger charge is 2.33. The molecule has 4 aromatic rings. The second-order valence-corrected chi connectivity index (χ2v) is 7.52. The van der Waals surface area contributed by atoms with Crippen LogP contribution < -0.4 is 15.4 Å². The maximum atomic E-state index is 13.1. The number of carbonyl (C=O) groups is 1. The Morgan fingerprint density at radius 3 is 2.71 bits per heavy atom. The van der Waals surface area contributed by atoms with E-state index in [2.05, 4.69) is 20.6 Å². The van der Waals surface area contributed by atoms with Crippen molar-refractivity contribution in [1.82, 2.24) is 19.7 Å². The van der Waals surface area contributed by atoms with Crippen LogP contribution >= 0.6 is 0 Å². The van der Waals surface area contributed by atoms with Gasteiger partial charge in [-0.05, 0) is 42.8 Å². The fourth-order valence-corrected chi connectivity index (χ4v) is 3.43. The molecule has 176 valence electrons. The third-order valence-corrected chi connectivity index (χ3v) is 5.05. The molecular weight excluding hydrogens is 447 g/mol. The van der Waals surface area contributed by atoms with E-state index in [9.17, 15) is 18.0 Å². The lowest BCUT2D eigenvalue weighted by Gasteiger charge is -2.14. The first-order chi connectivity index (χ1) is 16.3. The lowest BCUT2D eigenvalue weighted by atomic mass is 10.2. The third-order valence-electron chi connectivity index (χ3n) is 5.05. The minimum Gasteiger partial charge on any atom is -0.486 e. The van der Waals surface area contributed by atoms with Gasteiger partial charge in [0.25, 0.3) is 5.91 Å². The van der Waals surface area contributed by atoms with Crippen molar-refractivity contribution >= 4 is 17.4 Å². The van der Waals surface area contributed by atoms with Crippen LogP contribution in [0.1, 0.15) is 27.2 Å². The van der Waals surface area contributed by atoms with Crippen LogP contribution in [0.3, 0.4) is 0 Å². The van der Waals surface area contributed by atoms with E-state index in [4.69, 9.17) is 4.74 Å². The highest BCUT2D eigenvalue weighted by atomic mass is 19.4. The monoisotopic (exact) mass is 469 g/mol. The van der Waals surface area contributed by atoms with Crippen molar-refractivity contribution in [3.63, 3.8) is 0 Å². The van der Waals surface area contributed by atoms with Gasteiger partial charge in [0, 0.05) is 31.7 Å². The van der Waals surface area contributed by atoms with Gasteiger partial charge in [-0.1, -0.05) is 18.2 Å². The van der Waals surface area contributed by atoms with E-state index in [0.717, 1.165) is 17.3 Å². The van der Waals surface area contributed by atoms with Gasteiger partial charge in [0.05, 0.1) is 16.8 Å². The Morgan fingerprint density at radius 2 is 1.91 bits per heavy atom. The Balaban J connectivity index is 1.35. The number of hydrogen-bond donors (Lipinski definition) is 2. The molecule has 0 spiro atoms. The molecule has 1 aromatic carbocycles. The summed E-state index contributed by atoms with van der Waals surface area (Å²) in [5, 5.41) is 5.30. The summed E-state index contributed by atoms with van der Waals surface area (Å²) in [6.07, 6.45) is 0.518. The number of nitrogens with one attached hydrogen (secondary N) is 2. The topological polar surface area (TPSA) is 80.5 Å². The molecule has 0 fully saturated rings. The van der Waals surface area contributed by atoms with Crippen molar-refractivity contribution in [3.05, 3.63) is 89.5 Å². The Bertz CT molecular complexity index is 1300. The fraction of sp³-hybridized carbons (Fsp3) is 0.208. The Kier molecular flexibility index (Phi) is 6.67. The van der Waals surface area contributed by atoms with Crippen LogP contribution in [0.5, 0.6) is 5.75 Å². The first kappa shape index (κ1) is 23.1. The number of hydrogen-bond acceptors (Lipinski definition) is 5. The molecule has 0 aliphatic rings. The number of anilines is 1. The molecule has 0 saturated carbocycles. The summed E-state index contributed by atoms with van der Waals surface area (Å²) in [6.45, 7) is 2.30. The average Bonchev–Trinajstić information content (AvgIpc) is 3.25. The van der Waals surface area contributed by atoms with Gasteiger partial charge < -0.3 is 19.8 Å². The van der Waals surface area contributed by atoms with E-state index in [1.807, 2.05) is 35.9 Å². The first-order valence-electron chi connectivity index (χ1n) is 10.5. The molecule has 34 heavy (non-hydrogen) atoms. The van der Waals surface area contributed by atoms with Crippen LogP contribution in [-0.2, 0) is 12.8 Å². The zero-order chi connectivity index (χ0) is 24.1. The van der Waals surface area contributed by atoms with Gasteiger partial charge >= 0.3 is 6.18 Å². The van der Waals surface area contributed by atoms with Crippen molar-refractivity contribution in [2.45, 2.75) is 19.7 Å². The molecule has 0 atom stereocenters. The van der Waals surface area contributed by atoms with Gasteiger partial charge in [-0.25, -0.2) is 9.97 Å². The third kappa shape index (κ3) is 5.28. The van der Waals surface area contributed by atoms with E-state index in [0.29, 0.717) is 17.0 Å². The number of pyridine rings is 2. The molecule has 0 saturated heterocycles. The quantitative estimate of drug-likeness (QED) is 0.372. The van der Waals surface area contributed by atoms with E-state index in [1.54, 1.807) is 24.3 Å². The van der Waals surface area contributed by atoms with Gasteiger partial charge in [-0.2, -0.15) is 13.2 Å². The van der Waals surface area contributed by atoms with Crippen LogP contribution in [0, 0.1) is 6.92 Å². The van der Waals surface area contributed by atoms with Crippen molar-refractivity contribution in [2.24, 2.45) is 0 Å².